The average Bonchev–Trinajstić information content (AvgIpc) is 3.15. The number of H-pyrrole nitrogens is 1. The van der Waals surface area contributed by atoms with Gasteiger partial charge in [0.15, 0.2) is 0 Å². The molecule has 3 aromatic rings. The summed E-state index contributed by atoms with van der Waals surface area (Å²) in [5.74, 6) is -0.245. The SMILES string of the molecule is Cc1ccc(N2C(=O)c3[nH]nc(CC(C)C)c3C2c2ccc(Br)cc2F)cn1. The van der Waals surface area contributed by atoms with Gasteiger partial charge in [-0.25, -0.2) is 4.39 Å². The zero-order valence-corrected chi connectivity index (χ0v) is 17.4. The third-order valence-corrected chi connectivity index (χ3v) is 5.37. The highest BCUT2D eigenvalue weighted by Crippen LogP contribution is 2.43. The van der Waals surface area contributed by atoms with Crippen molar-refractivity contribution >= 4 is 27.5 Å². The summed E-state index contributed by atoms with van der Waals surface area (Å²) >= 11 is 3.31. The van der Waals surface area contributed by atoms with Gasteiger partial charge in [0.05, 0.1) is 23.6 Å². The highest BCUT2D eigenvalue weighted by Gasteiger charge is 2.43. The predicted octanol–water partition coefficient (Wildman–Crippen LogP) is 4.96. The first-order valence-corrected chi connectivity index (χ1v) is 9.94. The Bertz CT molecular complexity index is 1050. The summed E-state index contributed by atoms with van der Waals surface area (Å²) < 4.78 is 15.6. The molecule has 144 valence electrons. The second-order valence-electron chi connectivity index (χ2n) is 7.46. The molecule has 0 saturated carbocycles. The Morgan fingerprint density at radius 2 is 2.07 bits per heavy atom. The molecule has 0 fully saturated rings. The van der Waals surface area contributed by atoms with Gasteiger partial charge < -0.3 is 0 Å². The highest BCUT2D eigenvalue weighted by molar-refractivity contribution is 9.10. The van der Waals surface area contributed by atoms with Gasteiger partial charge >= 0.3 is 0 Å². The summed E-state index contributed by atoms with van der Waals surface area (Å²) in [6, 6.07) is 8.02. The molecule has 4 rings (SSSR count). The summed E-state index contributed by atoms with van der Waals surface area (Å²) in [6.07, 6.45) is 2.35. The minimum atomic E-state index is -0.590. The standard InChI is InChI=1S/C21H20BrFN4O/c1-11(2)8-17-18-19(26-25-17)21(28)27(14-6-4-12(3)24-10-14)20(18)15-7-5-13(22)9-16(15)23/h4-7,9-11,20H,8H2,1-3H3,(H,25,26). The van der Waals surface area contributed by atoms with Crippen LogP contribution in [0.2, 0.25) is 0 Å². The third kappa shape index (κ3) is 3.13. The molecule has 0 saturated heterocycles. The topological polar surface area (TPSA) is 61.9 Å². The fourth-order valence-electron chi connectivity index (χ4n) is 3.64. The van der Waals surface area contributed by atoms with E-state index in [0.29, 0.717) is 33.8 Å². The molecule has 1 aliphatic rings. The van der Waals surface area contributed by atoms with E-state index >= 15 is 0 Å². The first-order valence-electron chi connectivity index (χ1n) is 9.15. The second kappa shape index (κ2) is 7.13. The number of pyridine rings is 1. The van der Waals surface area contributed by atoms with Gasteiger partial charge in [0, 0.05) is 21.3 Å². The maximum atomic E-state index is 15.0. The number of aromatic amines is 1. The van der Waals surface area contributed by atoms with E-state index in [4.69, 9.17) is 0 Å². The molecule has 3 heterocycles. The lowest BCUT2D eigenvalue weighted by molar-refractivity contribution is 0.0988. The van der Waals surface area contributed by atoms with Crippen molar-refractivity contribution in [2.75, 3.05) is 4.90 Å². The van der Waals surface area contributed by atoms with E-state index in [-0.39, 0.29) is 11.7 Å². The van der Waals surface area contributed by atoms with E-state index in [0.717, 1.165) is 17.0 Å². The highest BCUT2D eigenvalue weighted by atomic mass is 79.9. The Balaban J connectivity index is 1.92. The molecule has 1 aliphatic heterocycles. The van der Waals surface area contributed by atoms with Crippen molar-refractivity contribution in [3.63, 3.8) is 0 Å². The molecule has 2 aromatic heterocycles. The third-order valence-electron chi connectivity index (χ3n) is 4.88. The van der Waals surface area contributed by atoms with Crippen molar-refractivity contribution in [2.24, 2.45) is 5.92 Å². The number of rotatable bonds is 4. The lowest BCUT2D eigenvalue weighted by Crippen LogP contribution is -2.30. The summed E-state index contributed by atoms with van der Waals surface area (Å²) in [4.78, 5) is 19.2. The maximum absolute atomic E-state index is 15.0. The molecule has 0 aliphatic carbocycles. The zero-order chi connectivity index (χ0) is 20.0. The first kappa shape index (κ1) is 18.8. The normalized spacial score (nSPS) is 16.1. The first-order chi connectivity index (χ1) is 13.4. The number of amides is 1. The van der Waals surface area contributed by atoms with E-state index in [1.165, 1.54) is 6.07 Å². The van der Waals surface area contributed by atoms with Crippen LogP contribution in [0.5, 0.6) is 0 Å². The second-order valence-corrected chi connectivity index (χ2v) is 8.37. The van der Waals surface area contributed by atoms with Gasteiger partial charge in [-0.15, -0.1) is 0 Å². The van der Waals surface area contributed by atoms with Crippen LogP contribution in [0.15, 0.2) is 41.0 Å². The van der Waals surface area contributed by atoms with E-state index < -0.39 is 6.04 Å². The lowest BCUT2D eigenvalue weighted by Gasteiger charge is -2.26. The molecule has 0 spiro atoms. The van der Waals surface area contributed by atoms with Gasteiger partial charge in [0.25, 0.3) is 5.91 Å². The number of nitrogens with zero attached hydrogens (tertiary/aromatic N) is 3. The van der Waals surface area contributed by atoms with Crippen molar-refractivity contribution in [1.29, 1.82) is 0 Å². The lowest BCUT2D eigenvalue weighted by atomic mass is 9.95. The maximum Gasteiger partial charge on any atom is 0.277 e. The van der Waals surface area contributed by atoms with Crippen molar-refractivity contribution in [3.05, 3.63) is 75.0 Å². The summed E-state index contributed by atoms with van der Waals surface area (Å²) in [5.41, 5.74) is 3.88. The molecule has 1 aromatic carbocycles. The summed E-state index contributed by atoms with van der Waals surface area (Å²) in [7, 11) is 0. The van der Waals surface area contributed by atoms with E-state index in [9.17, 15) is 9.18 Å². The summed E-state index contributed by atoms with van der Waals surface area (Å²) in [6.45, 7) is 6.07. The predicted molar refractivity (Wildman–Crippen MR) is 109 cm³/mol. The van der Waals surface area contributed by atoms with Gasteiger partial charge in [-0.2, -0.15) is 5.10 Å². The molecule has 0 bridgehead atoms. The van der Waals surface area contributed by atoms with Gasteiger partial charge in [-0.05, 0) is 43.5 Å². The summed E-state index contributed by atoms with van der Waals surface area (Å²) in [5, 5.41) is 7.26. The fourth-order valence-corrected chi connectivity index (χ4v) is 3.97. The number of fused-ring (bicyclic) bond motifs is 1. The van der Waals surface area contributed by atoms with Crippen molar-refractivity contribution in [1.82, 2.24) is 15.2 Å². The minimum Gasteiger partial charge on any atom is -0.294 e. The molecular weight excluding hydrogens is 423 g/mol. The van der Waals surface area contributed by atoms with Crippen molar-refractivity contribution < 1.29 is 9.18 Å². The molecule has 7 heteroatoms. The minimum absolute atomic E-state index is 0.226. The van der Waals surface area contributed by atoms with E-state index in [2.05, 4.69) is 45.0 Å². The molecular formula is C21H20BrFN4O. The smallest absolute Gasteiger partial charge is 0.277 e. The van der Waals surface area contributed by atoms with Crippen LogP contribution in [0.3, 0.4) is 0 Å². The molecule has 1 amide bonds. The number of carbonyl (C=O) groups excluding carboxylic acids is 1. The Kier molecular flexibility index (Phi) is 4.79. The molecule has 5 nitrogen and oxygen atoms in total. The zero-order valence-electron chi connectivity index (χ0n) is 15.8. The average molecular weight is 443 g/mol. The van der Waals surface area contributed by atoms with Crippen LogP contribution in [0, 0.1) is 18.7 Å². The Morgan fingerprint density at radius 1 is 1.29 bits per heavy atom. The number of aromatic nitrogens is 3. The number of anilines is 1. The number of benzene rings is 1. The largest absolute Gasteiger partial charge is 0.294 e. The monoisotopic (exact) mass is 442 g/mol. The molecule has 1 atom stereocenters. The van der Waals surface area contributed by atoms with Gasteiger partial charge in [-0.1, -0.05) is 35.8 Å². The molecule has 0 radical (unpaired) electrons. The van der Waals surface area contributed by atoms with Crippen LogP contribution in [0.4, 0.5) is 10.1 Å². The number of aryl methyl sites for hydroxylation is 1. The van der Waals surface area contributed by atoms with Gasteiger partial charge in [-0.3, -0.25) is 19.8 Å². The van der Waals surface area contributed by atoms with E-state index in [1.807, 2.05) is 19.1 Å². The number of nitrogens with one attached hydrogen (secondary N) is 1. The number of halogens is 2. The van der Waals surface area contributed by atoms with Crippen LogP contribution in [-0.4, -0.2) is 21.1 Å². The fraction of sp³-hybridized carbons (Fsp3) is 0.286. The van der Waals surface area contributed by atoms with Crippen LogP contribution in [0.1, 0.15) is 52.9 Å². The number of carbonyl (C=O) groups is 1. The van der Waals surface area contributed by atoms with Crippen LogP contribution >= 0.6 is 15.9 Å². The van der Waals surface area contributed by atoms with E-state index in [1.54, 1.807) is 23.2 Å². The molecule has 1 N–H and O–H groups in total. The van der Waals surface area contributed by atoms with Crippen molar-refractivity contribution in [3.8, 4) is 0 Å². The molecule has 28 heavy (non-hydrogen) atoms. The van der Waals surface area contributed by atoms with Crippen molar-refractivity contribution in [2.45, 2.75) is 33.2 Å². The van der Waals surface area contributed by atoms with Gasteiger partial charge in [0.1, 0.15) is 11.5 Å². The van der Waals surface area contributed by atoms with Crippen LogP contribution in [0.25, 0.3) is 0 Å². The Hall–Kier alpha value is -2.54. The Labute approximate surface area is 171 Å². The number of hydrogen-bond acceptors (Lipinski definition) is 3. The quantitative estimate of drug-likeness (QED) is 0.620. The van der Waals surface area contributed by atoms with Gasteiger partial charge in [0.2, 0.25) is 0 Å². The van der Waals surface area contributed by atoms with Crippen LogP contribution in [-0.2, 0) is 6.42 Å². The Morgan fingerprint density at radius 3 is 2.71 bits per heavy atom. The van der Waals surface area contributed by atoms with Crippen LogP contribution < -0.4 is 4.90 Å². The molecule has 1 unspecified atom stereocenters. The number of hydrogen-bond donors (Lipinski definition) is 1.